The lowest BCUT2D eigenvalue weighted by molar-refractivity contribution is 0.342. The van der Waals surface area contributed by atoms with E-state index in [2.05, 4.69) is 0 Å². The molecule has 1 rings (SSSR count). The average Bonchev–Trinajstić information content (AvgIpc) is 2.14. The summed E-state index contributed by atoms with van der Waals surface area (Å²) in [5.41, 5.74) is 1.15. The molecule has 16 heavy (non-hydrogen) atoms. The fourth-order valence-electron chi connectivity index (χ4n) is 1.68. The normalized spacial score (nSPS) is 11.3. The highest BCUT2D eigenvalue weighted by Gasteiger charge is 2.24. The first-order chi connectivity index (χ1) is 7.32. The molecule has 0 heterocycles. The van der Waals surface area contributed by atoms with Crippen molar-refractivity contribution in [2.24, 2.45) is 0 Å². The Morgan fingerprint density at radius 3 is 1.94 bits per heavy atom. The van der Waals surface area contributed by atoms with E-state index in [4.69, 9.17) is 14.0 Å². The van der Waals surface area contributed by atoms with Crippen molar-refractivity contribution in [1.82, 2.24) is 0 Å². The van der Waals surface area contributed by atoms with Crippen LogP contribution in [-0.2, 0) is 10.1 Å². The number of aryl methyl sites for hydroxylation is 2. The predicted molar refractivity (Wildman–Crippen MR) is 58.8 cm³/mol. The van der Waals surface area contributed by atoms with E-state index in [0.29, 0.717) is 11.3 Å². The summed E-state index contributed by atoms with van der Waals surface area (Å²) in [6, 6.07) is 1.62. The number of rotatable bonds is 3. The van der Waals surface area contributed by atoms with Crippen molar-refractivity contribution in [1.29, 1.82) is 0 Å². The molecule has 1 aromatic carbocycles. The van der Waals surface area contributed by atoms with Crippen LogP contribution < -0.4 is 9.47 Å². The molecule has 0 saturated carbocycles. The molecule has 6 heteroatoms. The Bertz CT molecular complexity index is 504. The van der Waals surface area contributed by atoms with Crippen LogP contribution in [-0.4, -0.2) is 27.2 Å². The van der Waals surface area contributed by atoms with E-state index >= 15 is 0 Å². The van der Waals surface area contributed by atoms with Gasteiger partial charge in [-0.3, -0.25) is 4.55 Å². The molecule has 90 valence electrons. The molecule has 0 spiro atoms. The first-order valence-corrected chi connectivity index (χ1v) is 5.96. The Morgan fingerprint density at radius 1 is 1.06 bits per heavy atom. The molecule has 0 aliphatic rings. The van der Waals surface area contributed by atoms with Gasteiger partial charge in [-0.15, -0.1) is 0 Å². The first-order valence-electron chi connectivity index (χ1n) is 4.52. The molecule has 0 fully saturated rings. The van der Waals surface area contributed by atoms with Gasteiger partial charge in [0.2, 0.25) is 0 Å². The molecule has 0 aliphatic heterocycles. The van der Waals surface area contributed by atoms with Crippen LogP contribution in [0.5, 0.6) is 11.5 Å². The fraction of sp³-hybridized carbons (Fsp3) is 0.400. The maximum Gasteiger partial charge on any atom is 0.298 e. The van der Waals surface area contributed by atoms with Crippen molar-refractivity contribution in [3.05, 3.63) is 17.2 Å². The van der Waals surface area contributed by atoms with E-state index in [9.17, 15) is 8.42 Å². The van der Waals surface area contributed by atoms with Crippen LogP contribution in [0.1, 0.15) is 11.1 Å². The van der Waals surface area contributed by atoms with Gasteiger partial charge in [-0.05, 0) is 25.0 Å². The molecule has 0 atom stereocenters. The minimum Gasteiger partial charge on any atom is -0.493 e. The number of ether oxygens (including phenoxy) is 2. The zero-order valence-electron chi connectivity index (χ0n) is 9.57. The SMILES string of the molecule is COc1c(C)cc(C)c(S(=O)(=O)O)c1OC. The second kappa shape index (κ2) is 4.31. The van der Waals surface area contributed by atoms with Gasteiger partial charge in [-0.25, -0.2) is 0 Å². The van der Waals surface area contributed by atoms with E-state index in [1.165, 1.54) is 14.2 Å². The van der Waals surface area contributed by atoms with E-state index in [0.717, 1.165) is 5.56 Å². The van der Waals surface area contributed by atoms with Gasteiger partial charge in [0, 0.05) is 0 Å². The molecule has 1 N–H and O–H groups in total. The smallest absolute Gasteiger partial charge is 0.298 e. The Hall–Kier alpha value is -1.27. The van der Waals surface area contributed by atoms with Gasteiger partial charge in [0.25, 0.3) is 10.1 Å². The van der Waals surface area contributed by atoms with Gasteiger partial charge in [0.1, 0.15) is 4.90 Å². The highest BCUT2D eigenvalue weighted by Crippen LogP contribution is 2.39. The van der Waals surface area contributed by atoms with Gasteiger partial charge in [-0.2, -0.15) is 8.42 Å². The highest BCUT2D eigenvalue weighted by molar-refractivity contribution is 7.86. The van der Waals surface area contributed by atoms with Gasteiger partial charge in [-0.1, -0.05) is 6.07 Å². The third-order valence-electron chi connectivity index (χ3n) is 2.23. The monoisotopic (exact) mass is 246 g/mol. The fourth-order valence-corrected chi connectivity index (χ4v) is 2.55. The van der Waals surface area contributed by atoms with Crippen molar-refractivity contribution in [2.45, 2.75) is 18.7 Å². The molecular weight excluding hydrogens is 232 g/mol. The standard InChI is InChI=1S/C10H14O5S/c1-6-5-7(2)10(16(11,12)13)9(15-4)8(6)14-3/h5H,1-4H3,(H,11,12,13). The van der Waals surface area contributed by atoms with Crippen molar-refractivity contribution in [3.8, 4) is 11.5 Å². The van der Waals surface area contributed by atoms with Crippen molar-refractivity contribution in [2.75, 3.05) is 14.2 Å². The van der Waals surface area contributed by atoms with Gasteiger partial charge < -0.3 is 9.47 Å². The summed E-state index contributed by atoms with van der Waals surface area (Å²) in [6.07, 6.45) is 0. The largest absolute Gasteiger partial charge is 0.493 e. The highest BCUT2D eigenvalue weighted by atomic mass is 32.2. The zero-order valence-corrected chi connectivity index (χ0v) is 10.4. The Balaban J connectivity index is 3.73. The molecule has 1 aromatic rings. The van der Waals surface area contributed by atoms with E-state index in [1.54, 1.807) is 19.9 Å². The van der Waals surface area contributed by atoms with E-state index in [1.807, 2.05) is 0 Å². The van der Waals surface area contributed by atoms with E-state index < -0.39 is 10.1 Å². The minimum absolute atomic E-state index is 0.0301. The van der Waals surface area contributed by atoms with Crippen LogP contribution in [0.4, 0.5) is 0 Å². The number of hydrogen-bond acceptors (Lipinski definition) is 4. The van der Waals surface area contributed by atoms with Crippen LogP contribution in [0.15, 0.2) is 11.0 Å². The maximum atomic E-state index is 11.2. The molecule has 5 nitrogen and oxygen atoms in total. The summed E-state index contributed by atoms with van der Waals surface area (Å²) in [7, 11) is -1.60. The molecule has 0 aromatic heterocycles. The number of benzene rings is 1. The summed E-state index contributed by atoms with van der Waals surface area (Å²) in [5.74, 6) is 0.336. The van der Waals surface area contributed by atoms with Crippen LogP contribution in [0, 0.1) is 13.8 Å². The van der Waals surface area contributed by atoms with Gasteiger partial charge in [0.15, 0.2) is 11.5 Å². The summed E-state index contributed by atoms with van der Waals surface area (Å²) < 4.78 is 41.6. The van der Waals surface area contributed by atoms with Crippen molar-refractivity contribution in [3.63, 3.8) is 0 Å². The first kappa shape index (κ1) is 12.8. The van der Waals surface area contributed by atoms with Crippen LogP contribution in [0.25, 0.3) is 0 Å². The lowest BCUT2D eigenvalue weighted by atomic mass is 10.1. The summed E-state index contributed by atoms with van der Waals surface area (Å²) in [4.78, 5) is -0.252. The zero-order chi connectivity index (χ0) is 12.5. The molecule has 0 radical (unpaired) electrons. The molecule has 0 amide bonds. The third-order valence-corrected chi connectivity index (χ3v) is 3.25. The summed E-state index contributed by atoms with van der Waals surface area (Å²) in [6.45, 7) is 3.35. The minimum atomic E-state index is -4.33. The molecule has 0 saturated heterocycles. The molecular formula is C10H14O5S. The van der Waals surface area contributed by atoms with Crippen molar-refractivity contribution < 1.29 is 22.4 Å². The number of hydrogen-bond donors (Lipinski definition) is 1. The lowest BCUT2D eigenvalue weighted by Crippen LogP contribution is -2.06. The van der Waals surface area contributed by atoms with Gasteiger partial charge >= 0.3 is 0 Å². The second-order valence-electron chi connectivity index (χ2n) is 3.38. The van der Waals surface area contributed by atoms with Crippen LogP contribution in [0.3, 0.4) is 0 Å². The number of methoxy groups -OCH3 is 2. The molecule has 0 aliphatic carbocycles. The molecule has 0 unspecified atom stereocenters. The quantitative estimate of drug-likeness (QED) is 0.819. The van der Waals surface area contributed by atoms with E-state index in [-0.39, 0.29) is 10.6 Å². The van der Waals surface area contributed by atoms with Gasteiger partial charge in [0.05, 0.1) is 14.2 Å². The lowest BCUT2D eigenvalue weighted by Gasteiger charge is -2.15. The summed E-state index contributed by atoms with van der Waals surface area (Å²) in [5, 5.41) is 0. The Kier molecular flexibility index (Phi) is 3.44. The second-order valence-corrected chi connectivity index (χ2v) is 4.74. The Labute approximate surface area is 94.7 Å². The van der Waals surface area contributed by atoms with Crippen LogP contribution >= 0.6 is 0 Å². The van der Waals surface area contributed by atoms with Crippen LogP contribution in [0.2, 0.25) is 0 Å². The summed E-state index contributed by atoms with van der Waals surface area (Å²) >= 11 is 0. The predicted octanol–water partition coefficient (Wildman–Crippen LogP) is 1.57. The Morgan fingerprint density at radius 2 is 1.56 bits per heavy atom. The average molecular weight is 246 g/mol. The van der Waals surface area contributed by atoms with Crippen molar-refractivity contribution >= 4 is 10.1 Å². The third kappa shape index (κ3) is 2.12. The maximum absolute atomic E-state index is 11.2. The molecule has 0 bridgehead atoms. The topological polar surface area (TPSA) is 72.8 Å².